The number of aryl methyl sites for hydroxylation is 1. The van der Waals surface area contributed by atoms with Crippen molar-refractivity contribution in [2.45, 2.75) is 61.5 Å². The molecule has 0 aliphatic carbocycles. The highest BCUT2D eigenvalue weighted by molar-refractivity contribution is 7.91. The van der Waals surface area contributed by atoms with Gasteiger partial charge in [0.15, 0.2) is 11.5 Å². The van der Waals surface area contributed by atoms with E-state index in [0.717, 1.165) is 56.7 Å². The Morgan fingerprint density at radius 2 is 1.63 bits per heavy atom. The minimum absolute atomic E-state index is 0.0378. The number of nitrogen functional groups attached to an aromatic ring is 1. The van der Waals surface area contributed by atoms with Crippen LogP contribution in [0, 0.1) is 6.92 Å². The second kappa shape index (κ2) is 11.8. The molecule has 2 fully saturated rings. The van der Waals surface area contributed by atoms with Crippen LogP contribution in [0.3, 0.4) is 0 Å². The number of amides is 1. The van der Waals surface area contributed by atoms with Crippen LogP contribution in [-0.4, -0.2) is 80.6 Å². The van der Waals surface area contributed by atoms with Crippen LogP contribution in [0.1, 0.15) is 54.2 Å². The Kier molecular flexibility index (Phi) is 8.10. The largest absolute Gasteiger partial charge is 0.454 e. The molecule has 228 valence electrons. The van der Waals surface area contributed by atoms with Gasteiger partial charge in [-0.15, -0.1) is 0 Å². The van der Waals surface area contributed by atoms with E-state index in [9.17, 15) is 13.2 Å². The summed E-state index contributed by atoms with van der Waals surface area (Å²) in [6.07, 6.45) is 1.91. The van der Waals surface area contributed by atoms with Gasteiger partial charge < -0.3 is 20.1 Å². The van der Waals surface area contributed by atoms with E-state index in [1.165, 1.54) is 6.07 Å². The van der Waals surface area contributed by atoms with Crippen LogP contribution >= 0.6 is 0 Å². The second-order valence-electron chi connectivity index (χ2n) is 11.9. The highest BCUT2D eigenvalue weighted by Crippen LogP contribution is 2.36. The standard InChI is InChI=1S/C33H40N4O5S/c1-22-5-4-6-29(34)32(22)33(38)35-15-13-26(14-16-35)36-17-18-37(23(2)20-36)24(3)25-7-9-27(10-8-25)43(39,40)28-11-12-30-31(19-28)42-21-41-30/h4-12,19,23-24,26H,13-18,20-21,34H2,1-3H3/t23-,24-/m0/s1. The predicted molar refractivity (Wildman–Crippen MR) is 165 cm³/mol. The number of nitrogens with two attached hydrogens (primary N) is 1. The minimum atomic E-state index is -3.67. The third-order valence-corrected chi connectivity index (χ3v) is 11.1. The highest BCUT2D eigenvalue weighted by atomic mass is 32.2. The summed E-state index contributed by atoms with van der Waals surface area (Å²) in [7, 11) is -3.67. The van der Waals surface area contributed by atoms with E-state index in [1.54, 1.807) is 30.3 Å². The predicted octanol–water partition coefficient (Wildman–Crippen LogP) is 4.51. The maximum absolute atomic E-state index is 13.3. The Morgan fingerprint density at radius 1 is 0.930 bits per heavy atom. The molecule has 9 nitrogen and oxygen atoms in total. The number of hydrogen-bond acceptors (Lipinski definition) is 8. The van der Waals surface area contributed by atoms with E-state index >= 15 is 0 Å². The number of carbonyl (C=O) groups is 1. The number of rotatable bonds is 6. The fraction of sp³-hybridized carbons (Fsp3) is 0.424. The first-order chi connectivity index (χ1) is 20.6. The molecule has 3 aliphatic rings. The van der Waals surface area contributed by atoms with E-state index in [4.69, 9.17) is 15.2 Å². The lowest BCUT2D eigenvalue weighted by Gasteiger charge is -2.47. The monoisotopic (exact) mass is 604 g/mol. The van der Waals surface area contributed by atoms with Gasteiger partial charge in [0.05, 0.1) is 15.4 Å². The summed E-state index contributed by atoms with van der Waals surface area (Å²) >= 11 is 0. The number of carbonyl (C=O) groups excluding carboxylic acids is 1. The van der Waals surface area contributed by atoms with Crippen molar-refractivity contribution in [1.82, 2.24) is 14.7 Å². The third-order valence-electron chi connectivity index (χ3n) is 9.32. The van der Waals surface area contributed by atoms with Crippen LogP contribution < -0.4 is 15.2 Å². The number of piperidine rings is 1. The van der Waals surface area contributed by atoms with Gasteiger partial charge in [0.2, 0.25) is 16.6 Å². The Bertz CT molecular complexity index is 1580. The molecule has 2 atom stereocenters. The van der Waals surface area contributed by atoms with Crippen molar-refractivity contribution in [1.29, 1.82) is 0 Å². The number of fused-ring (bicyclic) bond motifs is 1. The zero-order valence-corrected chi connectivity index (χ0v) is 25.8. The first-order valence-corrected chi connectivity index (χ1v) is 16.5. The zero-order valence-electron chi connectivity index (χ0n) is 25.0. The molecule has 0 spiro atoms. The summed E-state index contributed by atoms with van der Waals surface area (Å²) in [5, 5.41) is 0. The Labute approximate surface area is 254 Å². The molecular weight excluding hydrogens is 564 g/mol. The molecule has 3 heterocycles. The molecule has 10 heteroatoms. The van der Waals surface area contributed by atoms with Crippen molar-refractivity contribution in [3.05, 3.63) is 77.4 Å². The summed E-state index contributed by atoms with van der Waals surface area (Å²) in [5.74, 6) is 1.04. The number of ether oxygens (including phenoxy) is 2. The van der Waals surface area contributed by atoms with Gasteiger partial charge in [-0.1, -0.05) is 24.3 Å². The number of likely N-dealkylation sites (tertiary alicyclic amines) is 1. The van der Waals surface area contributed by atoms with Crippen molar-refractivity contribution in [3.8, 4) is 11.5 Å². The minimum Gasteiger partial charge on any atom is -0.454 e. The molecule has 3 aromatic carbocycles. The van der Waals surface area contributed by atoms with Crippen LogP contribution in [0.15, 0.2) is 70.5 Å². The molecule has 0 aromatic heterocycles. The topological polar surface area (TPSA) is 105 Å². The summed E-state index contributed by atoms with van der Waals surface area (Å²) in [6, 6.07) is 18.5. The number of nitrogens with zero attached hydrogens (tertiary/aromatic N) is 3. The molecule has 1 amide bonds. The number of anilines is 1. The first kappa shape index (κ1) is 29.5. The Balaban J connectivity index is 1.05. The van der Waals surface area contributed by atoms with Crippen molar-refractivity contribution in [3.63, 3.8) is 0 Å². The zero-order chi connectivity index (χ0) is 30.3. The highest BCUT2D eigenvalue weighted by Gasteiger charge is 2.34. The maximum Gasteiger partial charge on any atom is 0.256 e. The van der Waals surface area contributed by atoms with E-state index < -0.39 is 9.84 Å². The van der Waals surface area contributed by atoms with Crippen LogP contribution in [0.5, 0.6) is 11.5 Å². The van der Waals surface area contributed by atoms with Gasteiger partial charge in [0.1, 0.15) is 0 Å². The van der Waals surface area contributed by atoms with Crippen LogP contribution in [0.4, 0.5) is 5.69 Å². The number of piperazine rings is 1. The lowest BCUT2D eigenvalue weighted by Crippen LogP contribution is -2.57. The van der Waals surface area contributed by atoms with Crippen LogP contribution in [0.25, 0.3) is 0 Å². The average molecular weight is 605 g/mol. The summed E-state index contributed by atoms with van der Waals surface area (Å²) in [6.45, 7) is 10.8. The molecule has 43 heavy (non-hydrogen) atoms. The van der Waals surface area contributed by atoms with Crippen LogP contribution in [0.2, 0.25) is 0 Å². The smallest absolute Gasteiger partial charge is 0.256 e. The average Bonchev–Trinajstić information content (AvgIpc) is 3.49. The molecule has 2 N–H and O–H groups in total. The molecule has 0 saturated carbocycles. The van der Waals surface area contributed by atoms with Crippen LogP contribution in [-0.2, 0) is 9.84 Å². The van der Waals surface area contributed by atoms with E-state index in [-0.39, 0.29) is 28.5 Å². The fourth-order valence-electron chi connectivity index (χ4n) is 6.78. The van der Waals surface area contributed by atoms with Gasteiger partial charge in [-0.25, -0.2) is 8.42 Å². The molecule has 0 unspecified atom stereocenters. The van der Waals surface area contributed by atoms with Crippen molar-refractivity contribution in [2.75, 3.05) is 45.3 Å². The number of benzene rings is 3. The third kappa shape index (κ3) is 5.71. The maximum atomic E-state index is 13.3. The Morgan fingerprint density at radius 3 is 2.33 bits per heavy atom. The SMILES string of the molecule is Cc1cccc(N)c1C(=O)N1CCC(N2CCN([C@@H](C)c3ccc(S(=O)(=O)c4ccc5c(c4)OCO5)cc3)[C@@H](C)C2)CC1. The first-order valence-electron chi connectivity index (χ1n) is 15.0. The van der Waals surface area contributed by atoms with Crippen molar-refractivity contribution >= 4 is 21.4 Å². The molecule has 0 radical (unpaired) electrons. The van der Waals surface area contributed by atoms with Gasteiger partial charge in [-0.05, 0) is 75.1 Å². The van der Waals surface area contributed by atoms with Gasteiger partial charge >= 0.3 is 0 Å². The van der Waals surface area contributed by atoms with Crippen molar-refractivity contribution in [2.24, 2.45) is 0 Å². The van der Waals surface area contributed by atoms with Gasteiger partial charge in [-0.3, -0.25) is 14.6 Å². The summed E-state index contributed by atoms with van der Waals surface area (Å²) < 4.78 is 37.2. The molecule has 3 aromatic rings. The number of sulfone groups is 1. The second-order valence-corrected chi connectivity index (χ2v) is 13.9. The molecule has 3 aliphatic heterocycles. The van der Waals surface area contributed by atoms with E-state index in [2.05, 4.69) is 23.6 Å². The fourth-order valence-corrected chi connectivity index (χ4v) is 8.05. The molecule has 0 bridgehead atoms. The lowest BCUT2D eigenvalue weighted by atomic mass is 9.97. The molecule has 6 rings (SSSR count). The van der Waals surface area contributed by atoms with Crippen molar-refractivity contribution < 1.29 is 22.7 Å². The van der Waals surface area contributed by atoms with Gasteiger partial charge in [0, 0.05) is 62.6 Å². The van der Waals surface area contributed by atoms with E-state index in [0.29, 0.717) is 34.8 Å². The quantitative estimate of drug-likeness (QED) is 0.410. The lowest BCUT2D eigenvalue weighted by molar-refractivity contribution is 0.0135. The van der Waals surface area contributed by atoms with Gasteiger partial charge in [0.25, 0.3) is 5.91 Å². The molecular formula is C33H40N4O5S. The normalized spacial score (nSPS) is 20.7. The summed E-state index contributed by atoms with van der Waals surface area (Å²) in [4.78, 5) is 20.7. The Hall–Kier alpha value is -3.60. The van der Waals surface area contributed by atoms with E-state index in [1.807, 2.05) is 36.1 Å². The summed E-state index contributed by atoms with van der Waals surface area (Å²) in [5.41, 5.74) is 9.34. The molecule has 2 saturated heterocycles. The number of hydrogen-bond donors (Lipinski definition) is 1. The van der Waals surface area contributed by atoms with Gasteiger partial charge in [-0.2, -0.15) is 0 Å².